The van der Waals surface area contributed by atoms with Gasteiger partial charge in [-0.1, -0.05) is 26.0 Å². The van der Waals surface area contributed by atoms with Crippen LogP contribution in [0.15, 0.2) is 36.7 Å². The fourth-order valence-electron chi connectivity index (χ4n) is 8.60. The minimum atomic E-state index is 0.00691. The van der Waals surface area contributed by atoms with Gasteiger partial charge >= 0.3 is 0 Å². The van der Waals surface area contributed by atoms with E-state index in [0.29, 0.717) is 27.9 Å². The lowest BCUT2D eigenvalue weighted by molar-refractivity contribution is -0.0304. The summed E-state index contributed by atoms with van der Waals surface area (Å²) in [4.78, 5) is 20.7. The average Bonchev–Trinajstić information content (AvgIpc) is 3.71. The zero-order valence-corrected chi connectivity index (χ0v) is 27.0. The van der Waals surface area contributed by atoms with Crippen LogP contribution in [0.4, 0.5) is 17.5 Å². The Morgan fingerprint density at radius 1 is 1.02 bits per heavy atom. The van der Waals surface area contributed by atoms with Crippen LogP contribution in [0.1, 0.15) is 74.9 Å². The van der Waals surface area contributed by atoms with Gasteiger partial charge in [0.25, 0.3) is 0 Å². The lowest BCUT2D eigenvalue weighted by Gasteiger charge is -2.57. The van der Waals surface area contributed by atoms with Crippen molar-refractivity contribution in [3.8, 4) is 5.75 Å². The molecule has 2 unspecified atom stereocenters. The predicted molar refractivity (Wildman–Crippen MR) is 182 cm³/mol. The third-order valence-corrected chi connectivity index (χ3v) is 11.2. The molecule has 10 nitrogen and oxygen atoms in total. The summed E-state index contributed by atoms with van der Waals surface area (Å²) in [5.74, 6) is 1.46. The molecule has 2 aromatic heterocycles. The van der Waals surface area contributed by atoms with Crippen molar-refractivity contribution in [1.82, 2.24) is 25.2 Å². The second-order valence-electron chi connectivity index (χ2n) is 13.9. The molecule has 8 rings (SSSR count). The molecule has 45 heavy (non-hydrogen) atoms. The second-order valence-corrected chi connectivity index (χ2v) is 13.9. The molecule has 1 aliphatic carbocycles. The highest BCUT2D eigenvalue weighted by atomic mass is 16.3. The molecule has 5 aliphatic rings. The first-order valence-electron chi connectivity index (χ1n) is 16.9. The Kier molecular flexibility index (Phi) is 7.68. The van der Waals surface area contributed by atoms with E-state index in [9.17, 15) is 5.11 Å². The first-order chi connectivity index (χ1) is 21.8. The molecule has 6 heterocycles. The maximum atomic E-state index is 10.3. The fraction of sp³-hybridized carbons (Fsp3) is 0.543. The van der Waals surface area contributed by atoms with E-state index in [1.165, 1.54) is 51.9 Å². The number of aromatic nitrogens is 3. The summed E-state index contributed by atoms with van der Waals surface area (Å²) in [5.41, 5.74) is 19.2. The Labute approximate surface area is 266 Å². The molecular weight excluding hydrogens is 562 g/mol. The number of phenolic OH excluding ortho intramolecular Hbond substituents is 1. The Hall–Kier alpha value is -3.76. The lowest BCUT2D eigenvalue weighted by Crippen LogP contribution is -2.65. The number of nitrogen functional groups attached to an aromatic ring is 1. The van der Waals surface area contributed by atoms with Gasteiger partial charge in [0, 0.05) is 85.2 Å². The number of benzene rings is 1. The number of nitrogens with zero attached hydrogens (tertiary/aromatic N) is 5. The smallest absolute Gasteiger partial charge is 0.225 e. The Morgan fingerprint density at radius 2 is 1.76 bits per heavy atom. The normalized spacial score (nSPS) is 26.0. The molecule has 2 atom stereocenters. The van der Waals surface area contributed by atoms with E-state index >= 15 is 0 Å². The number of aromatic hydroxyl groups is 1. The van der Waals surface area contributed by atoms with Gasteiger partial charge < -0.3 is 36.7 Å². The van der Waals surface area contributed by atoms with Gasteiger partial charge in [0.2, 0.25) is 5.95 Å². The molecule has 0 bridgehead atoms. The molecule has 4 fully saturated rings. The molecule has 3 aromatic rings. The Morgan fingerprint density at radius 3 is 2.47 bits per heavy atom. The summed E-state index contributed by atoms with van der Waals surface area (Å²) in [7, 11) is 0. The number of H-pyrrole nitrogens is 1. The van der Waals surface area contributed by atoms with Gasteiger partial charge in [0.15, 0.2) is 0 Å². The lowest BCUT2D eigenvalue weighted by atomic mass is 9.61. The zero-order chi connectivity index (χ0) is 31.3. The third-order valence-electron chi connectivity index (χ3n) is 11.2. The predicted octanol–water partition coefficient (Wildman–Crippen LogP) is 4.35. The number of anilines is 3. The van der Waals surface area contributed by atoms with Crippen LogP contribution in [0.3, 0.4) is 0 Å². The fourth-order valence-corrected chi connectivity index (χ4v) is 8.60. The quantitative estimate of drug-likeness (QED) is 0.285. The van der Waals surface area contributed by atoms with Crippen LogP contribution in [0.25, 0.3) is 11.8 Å². The largest absolute Gasteiger partial charge is 0.507 e. The summed E-state index contributed by atoms with van der Waals surface area (Å²) >= 11 is 0. The highest BCUT2D eigenvalue weighted by Crippen LogP contribution is 2.50. The monoisotopic (exact) mass is 611 g/mol. The Balaban J connectivity index is 0.00000160. The third kappa shape index (κ3) is 5.21. The summed E-state index contributed by atoms with van der Waals surface area (Å²) in [6.07, 6.45) is 12.0. The van der Waals surface area contributed by atoms with Crippen LogP contribution in [0, 0.1) is 10.8 Å². The molecule has 240 valence electrons. The van der Waals surface area contributed by atoms with E-state index in [-0.39, 0.29) is 11.8 Å². The van der Waals surface area contributed by atoms with Crippen molar-refractivity contribution in [1.29, 1.82) is 0 Å². The number of fused-ring (bicyclic) bond motifs is 1. The van der Waals surface area contributed by atoms with Crippen LogP contribution in [-0.4, -0.2) is 76.8 Å². The number of aromatic amines is 1. The van der Waals surface area contributed by atoms with Crippen molar-refractivity contribution in [2.75, 3.05) is 61.3 Å². The minimum absolute atomic E-state index is 0.00691. The first-order valence-corrected chi connectivity index (χ1v) is 16.9. The van der Waals surface area contributed by atoms with Gasteiger partial charge in [-0.05, 0) is 62.8 Å². The van der Waals surface area contributed by atoms with E-state index in [1.54, 1.807) is 12.1 Å². The van der Waals surface area contributed by atoms with Gasteiger partial charge in [-0.3, -0.25) is 4.90 Å². The molecule has 10 heteroatoms. The molecule has 1 aromatic carbocycles. The molecule has 1 saturated carbocycles. The molecule has 3 saturated heterocycles. The molecule has 2 spiro atoms. The van der Waals surface area contributed by atoms with Crippen molar-refractivity contribution >= 4 is 29.2 Å². The van der Waals surface area contributed by atoms with Crippen molar-refractivity contribution in [2.24, 2.45) is 16.6 Å². The number of phenols is 1. The minimum Gasteiger partial charge on any atom is -0.507 e. The van der Waals surface area contributed by atoms with E-state index in [4.69, 9.17) is 21.4 Å². The molecule has 7 N–H and O–H groups in total. The molecule has 4 aliphatic heterocycles. The number of hydrogen-bond donors (Lipinski definition) is 5. The number of rotatable bonds is 5. The zero-order valence-electron chi connectivity index (χ0n) is 27.0. The molecular formula is C35H49N9O. The van der Waals surface area contributed by atoms with Crippen LogP contribution < -0.4 is 26.6 Å². The van der Waals surface area contributed by atoms with Gasteiger partial charge in [-0.25, -0.2) is 9.97 Å². The highest BCUT2D eigenvalue weighted by Gasteiger charge is 2.53. The van der Waals surface area contributed by atoms with Crippen LogP contribution >= 0.6 is 0 Å². The van der Waals surface area contributed by atoms with E-state index in [2.05, 4.69) is 31.9 Å². The summed E-state index contributed by atoms with van der Waals surface area (Å²) in [6.45, 7) is 14.1. The van der Waals surface area contributed by atoms with Crippen molar-refractivity contribution in [3.63, 3.8) is 0 Å². The SMILES string of the molecule is CC.CC1c2c([nH]c(N)c2/C=C(\N)c2ccccc2O)CCN1c1ncc(N2CCC3(CCN(C4CC5(CNC5)C4)C3)C2)cn1. The van der Waals surface area contributed by atoms with Gasteiger partial charge in [0.05, 0.1) is 24.1 Å². The van der Waals surface area contributed by atoms with Crippen molar-refractivity contribution in [2.45, 2.75) is 65.0 Å². The van der Waals surface area contributed by atoms with Crippen LogP contribution in [0.2, 0.25) is 0 Å². The highest BCUT2D eigenvalue weighted by molar-refractivity contribution is 5.86. The Bertz CT molecular complexity index is 1550. The topological polar surface area (TPSA) is 136 Å². The number of hydrogen-bond acceptors (Lipinski definition) is 9. The first kappa shape index (κ1) is 29.9. The number of para-hydroxylation sites is 1. The number of nitrogens with two attached hydrogens (primary N) is 2. The molecule has 0 amide bonds. The van der Waals surface area contributed by atoms with E-state index < -0.39 is 0 Å². The summed E-state index contributed by atoms with van der Waals surface area (Å²) in [6, 6.07) is 7.90. The van der Waals surface area contributed by atoms with Gasteiger partial charge in [-0.15, -0.1) is 0 Å². The summed E-state index contributed by atoms with van der Waals surface area (Å²) in [5, 5.41) is 13.8. The molecule has 0 radical (unpaired) electrons. The maximum Gasteiger partial charge on any atom is 0.225 e. The van der Waals surface area contributed by atoms with Gasteiger partial charge in [-0.2, -0.15) is 0 Å². The van der Waals surface area contributed by atoms with Crippen molar-refractivity contribution < 1.29 is 5.11 Å². The summed E-state index contributed by atoms with van der Waals surface area (Å²) < 4.78 is 0. The standard InChI is InChI=1S/C33H43N9O.C2H6/c1-21-29-25(12-26(34)24-4-2-3-5-28(24)43)30(35)39-27(29)6-9-42(21)31-37-15-23(16-38-31)41-11-8-32(20-41)7-10-40(19-32)22-13-33(14-22)17-36-18-33;1-2/h2-5,12,15-16,21-22,36,39,43H,6-11,13-14,17-20,34-35H2,1H3;1-2H3/b26-12-;. The number of nitrogens with one attached hydrogen (secondary N) is 2. The van der Waals surface area contributed by atoms with E-state index in [1.807, 2.05) is 44.4 Å². The maximum absolute atomic E-state index is 10.3. The average molecular weight is 612 g/mol. The van der Waals surface area contributed by atoms with Crippen molar-refractivity contribution in [3.05, 3.63) is 59.0 Å². The van der Waals surface area contributed by atoms with Crippen LogP contribution in [-0.2, 0) is 6.42 Å². The number of likely N-dealkylation sites (tertiary alicyclic amines) is 1. The van der Waals surface area contributed by atoms with E-state index in [0.717, 1.165) is 60.6 Å². The second kappa shape index (κ2) is 11.6. The van der Waals surface area contributed by atoms with Gasteiger partial charge in [0.1, 0.15) is 11.6 Å². The van der Waals surface area contributed by atoms with Crippen LogP contribution in [0.5, 0.6) is 5.75 Å².